The van der Waals surface area contributed by atoms with Gasteiger partial charge in [0.05, 0.1) is 22.6 Å². The van der Waals surface area contributed by atoms with Gasteiger partial charge in [-0.3, -0.25) is 9.78 Å². The van der Waals surface area contributed by atoms with E-state index in [4.69, 9.17) is 16.3 Å². The van der Waals surface area contributed by atoms with Crippen molar-refractivity contribution in [2.45, 2.75) is 26.0 Å². The average Bonchev–Trinajstić information content (AvgIpc) is 3.62. The summed E-state index contributed by atoms with van der Waals surface area (Å²) in [6.07, 6.45) is 8.81. The topological polar surface area (TPSA) is 83.5 Å². The van der Waals surface area contributed by atoms with E-state index in [2.05, 4.69) is 49.4 Å². The number of hydrogen-bond acceptors (Lipinski definition) is 8. The Bertz CT molecular complexity index is 1830. The lowest BCUT2D eigenvalue weighted by atomic mass is 10.0. The minimum absolute atomic E-state index is 0.0417. The molecule has 216 valence electrons. The molecule has 0 unspecified atom stereocenters. The molecule has 0 fully saturated rings. The SMILES string of the molecule is O=C(/C=C/CN1CCc2ccccc21)N1CCc2c(sc3ncnc(Nc4ccc(OCc5ccccn5)c(Cl)c4)c23)C1. The number of halogens is 1. The van der Waals surface area contributed by atoms with Crippen molar-refractivity contribution in [3.8, 4) is 5.75 Å². The number of fused-ring (bicyclic) bond motifs is 4. The van der Waals surface area contributed by atoms with Gasteiger partial charge in [0.25, 0.3) is 0 Å². The lowest BCUT2D eigenvalue weighted by Crippen LogP contribution is -2.34. The maximum Gasteiger partial charge on any atom is 0.246 e. The Morgan fingerprint density at radius 3 is 2.84 bits per heavy atom. The Balaban J connectivity index is 1.02. The number of para-hydroxylation sites is 1. The highest BCUT2D eigenvalue weighted by atomic mass is 35.5. The van der Waals surface area contributed by atoms with Gasteiger partial charge in [-0.25, -0.2) is 9.97 Å². The number of nitrogens with one attached hydrogen (secondary N) is 1. The fourth-order valence-corrected chi connectivity index (χ4v) is 7.10. The molecule has 8 nitrogen and oxygen atoms in total. The van der Waals surface area contributed by atoms with Crippen LogP contribution in [-0.2, 0) is 30.8 Å². The van der Waals surface area contributed by atoms with Crippen molar-refractivity contribution in [2.24, 2.45) is 0 Å². The lowest BCUT2D eigenvalue weighted by Gasteiger charge is -2.26. The molecule has 0 atom stereocenters. The molecule has 2 aromatic carbocycles. The van der Waals surface area contributed by atoms with E-state index >= 15 is 0 Å². The van der Waals surface area contributed by atoms with Crippen LogP contribution in [0.15, 0.2) is 85.3 Å². The first kappa shape index (κ1) is 27.4. The van der Waals surface area contributed by atoms with E-state index in [-0.39, 0.29) is 5.91 Å². The molecular weight excluding hydrogens is 580 g/mol. The van der Waals surface area contributed by atoms with Gasteiger partial charge in [0.1, 0.15) is 29.3 Å². The first-order valence-electron chi connectivity index (χ1n) is 14.3. The third-order valence-electron chi connectivity index (χ3n) is 7.81. The van der Waals surface area contributed by atoms with Crippen LogP contribution in [0.3, 0.4) is 0 Å². The number of hydrogen-bond donors (Lipinski definition) is 1. The number of pyridine rings is 1. The lowest BCUT2D eigenvalue weighted by molar-refractivity contribution is -0.126. The first-order valence-corrected chi connectivity index (χ1v) is 15.4. The van der Waals surface area contributed by atoms with Crippen LogP contribution in [0.2, 0.25) is 5.02 Å². The van der Waals surface area contributed by atoms with Crippen LogP contribution in [0.5, 0.6) is 5.75 Å². The minimum Gasteiger partial charge on any atom is -0.486 e. The molecule has 0 saturated carbocycles. The summed E-state index contributed by atoms with van der Waals surface area (Å²) >= 11 is 8.18. The summed E-state index contributed by atoms with van der Waals surface area (Å²) in [6.45, 7) is 3.27. The molecule has 0 spiro atoms. The van der Waals surface area contributed by atoms with E-state index in [1.54, 1.807) is 29.9 Å². The molecule has 2 aliphatic heterocycles. The van der Waals surface area contributed by atoms with Gasteiger partial charge in [-0.15, -0.1) is 11.3 Å². The van der Waals surface area contributed by atoms with Gasteiger partial charge in [0.15, 0.2) is 0 Å². The van der Waals surface area contributed by atoms with E-state index in [9.17, 15) is 4.79 Å². The maximum absolute atomic E-state index is 13.1. The van der Waals surface area contributed by atoms with Crippen molar-refractivity contribution in [3.63, 3.8) is 0 Å². The fourth-order valence-electron chi connectivity index (χ4n) is 5.66. The number of benzene rings is 2. The zero-order chi connectivity index (χ0) is 29.2. The molecule has 0 bridgehead atoms. The molecule has 1 N–H and O–H groups in total. The summed E-state index contributed by atoms with van der Waals surface area (Å²) in [6, 6.07) is 19.8. The summed E-state index contributed by atoms with van der Waals surface area (Å²) in [5, 5.41) is 4.93. The summed E-state index contributed by atoms with van der Waals surface area (Å²) in [7, 11) is 0. The molecule has 5 aromatic rings. The van der Waals surface area contributed by atoms with Crippen molar-refractivity contribution in [1.29, 1.82) is 0 Å². The number of nitrogens with zero attached hydrogens (tertiary/aromatic N) is 5. The second-order valence-corrected chi connectivity index (χ2v) is 12.0. The van der Waals surface area contributed by atoms with Gasteiger partial charge in [-0.2, -0.15) is 0 Å². The van der Waals surface area contributed by atoms with E-state index in [1.165, 1.54) is 16.8 Å². The van der Waals surface area contributed by atoms with Crippen molar-refractivity contribution in [3.05, 3.63) is 112 Å². The quantitative estimate of drug-likeness (QED) is 0.200. The molecule has 5 heterocycles. The van der Waals surface area contributed by atoms with Crippen molar-refractivity contribution >= 4 is 56.3 Å². The number of ether oxygens (including phenoxy) is 1. The normalized spacial score (nSPS) is 14.3. The molecule has 2 aliphatic rings. The van der Waals surface area contributed by atoms with Crippen molar-refractivity contribution < 1.29 is 9.53 Å². The summed E-state index contributed by atoms with van der Waals surface area (Å²) in [5.41, 5.74) is 5.47. The zero-order valence-electron chi connectivity index (χ0n) is 23.4. The molecule has 1 amide bonds. The van der Waals surface area contributed by atoms with Crippen LogP contribution in [0.1, 0.15) is 21.7 Å². The second-order valence-electron chi connectivity index (χ2n) is 10.5. The number of amides is 1. The highest BCUT2D eigenvalue weighted by Gasteiger charge is 2.26. The first-order chi connectivity index (χ1) is 21.1. The fraction of sp³-hybridized carbons (Fsp3) is 0.212. The third-order valence-corrected chi connectivity index (χ3v) is 9.23. The average molecular weight is 609 g/mol. The Morgan fingerprint density at radius 2 is 1.95 bits per heavy atom. The van der Waals surface area contributed by atoms with Crippen LogP contribution in [0, 0.1) is 0 Å². The van der Waals surface area contributed by atoms with Gasteiger partial charge >= 0.3 is 0 Å². The number of thiophene rings is 1. The van der Waals surface area contributed by atoms with Crippen LogP contribution in [-0.4, -0.2) is 45.4 Å². The molecule has 43 heavy (non-hydrogen) atoms. The smallest absolute Gasteiger partial charge is 0.246 e. The Kier molecular flexibility index (Phi) is 7.65. The summed E-state index contributed by atoms with van der Waals surface area (Å²) in [4.78, 5) is 32.8. The number of carbonyl (C=O) groups excluding carboxylic acids is 1. The predicted molar refractivity (Wildman–Crippen MR) is 171 cm³/mol. The number of anilines is 3. The summed E-state index contributed by atoms with van der Waals surface area (Å²) < 4.78 is 5.87. The number of aromatic nitrogens is 3. The molecule has 7 rings (SSSR count). The molecule has 10 heteroatoms. The van der Waals surface area contributed by atoms with E-state index in [0.29, 0.717) is 30.5 Å². The van der Waals surface area contributed by atoms with Crippen molar-refractivity contribution in [1.82, 2.24) is 19.9 Å². The Labute approximate surface area is 258 Å². The van der Waals surface area contributed by atoms with Crippen LogP contribution in [0.25, 0.3) is 10.2 Å². The zero-order valence-corrected chi connectivity index (χ0v) is 24.9. The highest BCUT2D eigenvalue weighted by molar-refractivity contribution is 7.19. The molecule has 3 aromatic heterocycles. The van der Waals surface area contributed by atoms with E-state index in [1.807, 2.05) is 47.4 Å². The predicted octanol–water partition coefficient (Wildman–Crippen LogP) is 6.57. The monoisotopic (exact) mass is 608 g/mol. The Hall–Kier alpha value is -4.47. The molecule has 0 saturated heterocycles. The third kappa shape index (κ3) is 5.78. The van der Waals surface area contributed by atoms with Gasteiger partial charge in [0.2, 0.25) is 5.91 Å². The van der Waals surface area contributed by atoms with E-state index < -0.39 is 0 Å². The van der Waals surface area contributed by atoms with Crippen LogP contribution in [0.4, 0.5) is 17.2 Å². The standard InChI is InChI=1S/C33H29ClN6O2S/c34-26-18-23(10-11-28(26)42-20-24-7-3-4-14-35-24)38-32-31-25-13-17-40(19-29(25)43-33(31)37-21-36-32)30(41)9-5-15-39-16-12-22-6-1-2-8-27(22)39/h1-11,14,18,21H,12-13,15-17,19-20H2,(H,36,37,38)/b9-5+. The van der Waals surface area contributed by atoms with Crippen LogP contribution < -0.4 is 15.0 Å². The maximum atomic E-state index is 13.1. The highest BCUT2D eigenvalue weighted by Crippen LogP contribution is 2.39. The summed E-state index contributed by atoms with van der Waals surface area (Å²) in [5.74, 6) is 1.36. The van der Waals surface area contributed by atoms with E-state index in [0.717, 1.165) is 58.2 Å². The van der Waals surface area contributed by atoms with Gasteiger partial charge in [0, 0.05) is 48.2 Å². The largest absolute Gasteiger partial charge is 0.486 e. The Morgan fingerprint density at radius 1 is 1.05 bits per heavy atom. The minimum atomic E-state index is 0.0417. The molecular formula is C33H29ClN6O2S. The van der Waals surface area contributed by atoms with Gasteiger partial charge in [-0.05, 0) is 60.4 Å². The van der Waals surface area contributed by atoms with Gasteiger partial charge in [-0.1, -0.05) is 41.9 Å². The molecule has 0 aliphatic carbocycles. The van der Waals surface area contributed by atoms with Crippen LogP contribution >= 0.6 is 22.9 Å². The van der Waals surface area contributed by atoms with Gasteiger partial charge < -0.3 is 19.9 Å². The number of carbonyl (C=O) groups is 1. The second kappa shape index (κ2) is 12.0. The molecule has 0 radical (unpaired) electrons. The number of rotatable bonds is 8. The van der Waals surface area contributed by atoms with Crippen molar-refractivity contribution in [2.75, 3.05) is 29.9 Å².